The van der Waals surface area contributed by atoms with Gasteiger partial charge in [0.25, 0.3) is 5.56 Å². The lowest BCUT2D eigenvalue weighted by Crippen LogP contribution is -2.33. The van der Waals surface area contributed by atoms with Gasteiger partial charge in [-0.1, -0.05) is 0 Å². The van der Waals surface area contributed by atoms with Crippen LogP contribution in [0.5, 0.6) is 0 Å². The summed E-state index contributed by atoms with van der Waals surface area (Å²) in [4.78, 5) is 33.6. The van der Waals surface area contributed by atoms with E-state index in [2.05, 4.69) is 0 Å². The fourth-order valence-electron chi connectivity index (χ4n) is 0.816. The molecule has 1 rings (SSSR count). The molecule has 0 saturated heterocycles. The third-order valence-corrected chi connectivity index (χ3v) is 1.37. The van der Waals surface area contributed by atoms with Gasteiger partial charge in [0.1, 0.15) is 5.69 Å². The normalized spacial score (nSPS) is 9.92. The molecule has 0 aliphatic rings. The van der Waals surface area contributed by atoms with E-state index in [9.17, 15) is 18.8 Å². The Kier molecular flexibility index (Phi) is 2.27. The van der Waals surface area contributed by atoms with Crippen molar-refractivity contribution in [2.75, 3.05) is 0 Å². The van der Waals surface area contributed by atoms with Crippen molar-refractivity contribution in [3.63, 3.8) is 0 Å². The van der Waals surface area contributed by atoms with Crippen molar-refractivity contribution in [2.45, 2.75) is 6.80 Å². The van der Waals surface area contributed by atoms with Gasteiger partial charge in [0.15, 0.2) is 6.80 Å². The first-order valence-electron chi connectivity index (χ1n) is 3.19. The van der Waals surface area contributed by atoms with Gasteiger partial charge in [-0.3, -0.25) is 14.3 Å². The zero-order chi connectivity index (χ0) is 10.0. The Hall–Kier alpha value is -1.92. The maximum absolute atomic E-state index is 12.1. The van der Waals surface area contributed by atoms with Crippen molar-refractivity contribution >= 4 is 5.97 Å². The average molecular weight is 188 g/mol. The van der Waals surface area contributed by atoms with Gasteiger partial charge in [-0.05, 0) is 0 Å². The highest BCUT2D eigenvalue weighted by molar-refractivity contribution is 5.85. The molecule has 70 valence electrons. The molecule has 0 unspecified atom stereocenters. The molecule has 1 aromatic heterocycles. The van der Waals surface area contributed by atoms with Crippen molar-refractivity contribution in [1.82, 2.24) is 9.55 Å². The average Bonchev–Trinajstić information content (AvgIpc) is 2.02. The van der Waals surface area contributed by atoms with Crippen LogP contribution in [0.2, 0.25) is 0 Å². The molecule has 0 aliphatic carbocycles. The highest BCUT2D eigenvalue weighted by atomic mass is 19.1. The number of nitrogens with one attached hydrogen (secondary N) is 1. The van der Waals surface area contributed by atoms with Gasteiger partial charge < -0.3 is 5.11 Å². The molecule has 7 heteroatoms. The molecule has 0 fully saturated rings. The van der Waals surface area contributed by atoms with Crippen molar-refractivity contribution in [3.8, 4) is 0 Å². The molecule has 2 N–H and O–H groups in total. The molecule has 0 bridgehead atoms. The number of alkyl halides is 1. The highest BCUT2D eigenvalue weighted by Gasteiger charge is 2.11. The van der Waals surface area contributed by atoms with Gasteiger partial charge >= 0.3 is 11.7 Å². The summed E-state index contributed by atoms with van der Waals surface area (Å²) in [7, 11) is 0. The van der Waals surface area contributed by atoms with Gasteiger partial charge in [0.05, 0.1) is 0 Å². The SMILES string of the molecule is O=C(O)c1cc(=O)[nH]c(=O)n1CF. The lowest BCUT2D eigenvalue weighted by molar-refractivity contribution is 0.0678. The second-order valence-electron chi connectivity index (χ2n) is 2.18. The Balaban J connectivity index is 3.57. The number of carbonyl (C=O) groups is 1. The van der Waals surface area contributed by atoms with E-state index in [-0.39, 0.29) is 0 Å². The first-order valence-corrected chi connectivity index (χ1v) is 3.19. The minimum Gasteiger partial charge on any atom is -0.477 e. The number of aromatic carboxylic acids is 1. The third kappa shape index (κ3) is 1.63. The van der Waals surface area contributed by atoms with E-state index < -0.39 is 29.7 Å². The lowest BCUT2D eigenvalue weighted by atomic mass is 10.4. The number of halogens is 1. The first kappa shape index (κ1) is 9.17. The summed E-state index contributed by atoms with van der Waals surface area (Å²) in [5.74, 6) is -1.53. The molecule has 1 aromatic rings. The number of rotatable bonds is 2. The van der Waals surface area contributed by atoms with E-state index in [4.69, 9.17) is 5.11 Å². The van der Waals surface area contributed by atoms with Crippen molar-refractivity contribution in [1.29, 1.82) is 0 Å². The molecule has 0 spiro atoms. The van der Waals surface area contributed by atoms with Crippen LogP contribution >= 0.6 is 0 Å². The van der Waals surface area contributed by atoms with Crippen LogP contribution in [0.1, 0.15) is 10.5 Å². The number of hydrogen-bond acceptors (Lipinski definition) is 3. The van der Waals surface area contributed by atoms with Crippen LogP contribution in [-0.2, 0) is 6.80 Å². The second kappa shape index (κ2) is 3.21. The third-order valence-electron chi connectivity index (χ3n) is 1.37. The van der Waals surface area contributed by atoms with Crippen LogP contribution < -0.4 is 11.2 Å². The molecule has 0 amide bonds. The van der Waals surface area contributed by atoms with Gasteiger partial charge in [-0.25, -0.2) is 14.0 Å². The van der Waals surface area contributed by atoms with Crippen LogP contribution in [0.3, 0.4) is 0 Å². The Labute approximate surface area is 70.3 Å². The molecule has 1 heterocycles. The summed E-state index contributed by atoms with van der Waals surface area (Å²) in [5.41, 5.74) is -2.62. The topological polar surface area (TPSA) is 92.2 Å². The summed E-state index contributed by atoms with van der Waals surface area (Å²) < 4.78 is 12.4. The summed E-state index contributed by atoms with van der Waals surface area (Å²) in [6, 6.07) is 0.642. The predicted molar refractivity (Wildman–Crippen MR) is 39.4 cm³/mol. The lowest BCUT2D eigenvalue weighted by Gasteiger charge is -2.02. The van der Waals surface area contributed by atoms with Gasteiger partial charge in [0.2, 0.25) is 0 Å². The second-order valence-corrected chi connectivity index (χ2v) is 2.18. The van der Waals surface area contributed by atoms with E-state index in [0.29, 0.717) is 10.6 Å². The summed E-state index contributed by atoms with van der Waals surface area (Å²) >= 11 is 0. The molecule has 0 aromatic carbocycles. The van der Waals surface area contributed by atoms with E-state index in [1.807, 2.05) is 0 Å². The van der Waals surface area contributed by atoms with Crippen LogP contribution in [-0.4, -0.2) is 20.6 Å². The van der Waals surface area contributed by atoms with Gasteiger partial charge in [-0.2, -0.15) is 0 Å². The van der Waals surface area contributed by atoms with E-state index in [1.165, 1.54) is 0 Å². The molecule has 0 radical (unpaired) electrons. The zero-order valence-corrected chi connectivity index (χ0v) is 6.28. The smallest absolute Gasteiger partial charge is 0.352 e. The number of carboxylic acids is 1. The Morgan fingerprint density at radius 1 is 1.62 bits per heavy atom. The summed E-state index contributed by atoms with van der Waals surface area (Å²) in [6.07, 6.45) is 0. The van der Waals surface area contributed by atoms with Crippen LogP contribution in [0.25, 0.3) is 0 Å². The Morgan fingerprint density at radius 2 is 2.23 bits per heavy atom. The molecule has 13 heavy (non-hydrogen) atoms. The van der Waals surface area contributed by atoms with Crippen molar-refractivity contribution in [3.05, 3.63) is 32.6 Å². The number of aromatic amines is 1. The van der Waals surface area contributed by atoms with Crippen LogP contribution in [0.4, 0.5) is 4.39 Å². The minimum atomic E-state index is -1.53. The molecule has 0 saturated carbocycles. The Morgan fingerprint density at radius 3 is 2.69 bits per heavy atom. The standard InChI is InChI=1S/C6H5FN2O4/c7-2-9-3(5(11)12)1-4(10)8-6(9)13/h1H,2H2,(H,11,12)(H,8,10,13). The maximum Gasteiger partial charge on any atom is 0.352 e. The molecule has 0 atom stereocenters. The van der Waals surface area contributed by atoms with E-state index >= 15 is 0 Å². The first-order chi connectivity index (χ1) is 6.06. The van der Waals surface area contributed by atoms with Gasteiger partial charge in [0, 0.05) is 6.07 Å². The minimum absolute atomic E-state index is 0.309. The van der Waals surface area contributed by atoms with E-state index in [1.54, 1.807) is 4.98 Å². The molecule has 6 nitrogen and oxygen atoms in total. The number of carboxylic acid groups (broad SMARTS) is 1. The monoisotopic (exact) mass is 188 g/mol. The quantitative estimate of drug-likeness (QED) is 0.633. The zero-order valence-electron chi connectivity index (χ0n) is 6.28. The van der Waals surface area contributed by atoms with Crippen molar-refractivity contribution < 1.29 is 14.3 Å². The largest absolute Gasteiger partial charge is 0.477 e. The summed E-state index contributed by atoms with van der Waals surface area (Å²) in [5, 5.41) is 8.47. The molecule has 0 aliphatic heterocycles. The van der Waals surface area contributed by atoms with Crippen LogP contribution in [0, 0.1) is 0 Å². The highest BCUT2D eigenvalue weighted by Crippen LogP contribution is 1.92. The number of aromatic nitrogens is 2. The summed E-state index contributed by atoms with van der Waals surface area (Å²) in [6.45, 7) is -1.29. The van der Waals surface area contributed by atoms with Crippen LogP contribution in [0.15, 0.2) is 15.7 Å². The fourth-order valence-corrected chi connectivity index (χ4v) is 0.816. The molecular formula is C6H5FN2O4. The number of nitrogens with zero attached hydrogens (tertiary/aromatic N) is 1. The fraction of sp³-hybridized carbons (Fsp3) is 0.167. The number of hydrogen-bond donors (Lipinski definition) is 2. The Bertz CT molecular complexity index is 447. The number of H-pyrrole nitrogens is 1. The van der Waals surface area contributed by atoms with Gasteiger partial charge in [-0.15, -0.1) is 0 Å². The van der Waals surface area contributed by atoms with E-state index in [0.717, 1.165) is 0 Å². The maximum atomic E-state index is 12.1. The molecular weight excluding hydrogens is 183 g/mol. The predicted octanol–water partition coefficient (Wildman–Crippen LogP) is -0.838. The van der Waals surface area contributed by atoms with Crippen molar-refractivity contribution in [2.24, 2.45) is 0 Å².